The molecule has 1 fully saturated rings. The SMILES string of the molecule is CC1CCCC(N)(Cc2ccc(I)cc2)C1C. The smallest absolute Gasteiger partial charge is 0.0223 e. The molecule has 1 nitrogen and oxygen atoms in total. The molecule has 0 aromatic heterocycles. The summed E-state index contributed by atoms with van der Waals surface area (Å²) in [5.41, 5.74) is 8.05. The van der Waals surface area contributed by atoms with Crippen molar-refractivity contribution in [1.82, 2.24) is 0 Å². The van der Waals surface area contributed by atoms with E-state index in [-0.39, 0.29) is 5.54 Å². The van der Waals surface area contributed by atoms with E-state index in [0.29, 0.717) is 5.92 Å². The highest BCUT2D eigenvalue weighted by Crippen LogP contribution is 2.37. The van der Waals surface area contributed by atoms with Gasteiger partial charge in [0.25, 0.3) is 0 Å². The van der Waals surface area contributed by atoms with E-state index in [1.807, 2.05) is 0 Å². The van der Waals surface area contributed by atoms with Crippen LogP contribution in [0.25, 0.3) is 0 Å². The Balaban J connectivity index is 2.13. The summed E-state index contributed by atoms with van der Waals surface area (Å²) in [7, 11) is 0. The highest BCUT2D eigenvalue weighted by molar-refractivity contribution is 14.1. The minimum Gasteiger partial charge on any atom is -0.325 e. The minimum atomic E-state index is 0.00442. The van der Waals surface area contributed by atoms with E-state index in [2.05, 4.69) is 60.7 Å². The average molecular weight is 343 g/mol. The summed E-state index contributed by atoms with van der Waals surface area (Å²) < 4.78 is 1.29. The highest BCUT2D eigenvalue weighted by Gasteiger charge is 2.37. The third kappa shape index (κ3) is 3.02. The van der Waals surface area contributed by atoms with Gasteiger partial charge < -0.3 is 5.73 Å². The van der Waals surface area contributed by atoms with E-state index >= 15 is 0 Å². The molecule has 3 atom stereocenters. The summed E-state index contributed by atoms with van der Waals surface area (Å²) in [6, 6.07) is 8.80. The first kappa shape index (κ1) is 13.3. The third-order valence-corrected chi connectivity index (χ3v) is 5.23. The molecule has 1 aliphatic rings. The first-order valence-corrected chi connectivity index (χ1v) is 7.62. The number of hydrogen-bond acceptors (Lipinski definition) is 1. The average Bonchev–Trinajstić information content (AvgIpc) is 2.29. The fraction of sp³-hybridized carbons (Fsp3) is 0.600. The fourth-order valence-electron chi connectivity index (χ4n) is 3.03. The molecule has 1 saturated carbocycles. The van der Waals surface area contributed by atoms with Crippen molar-refractivity contribution in [2.75, 3.05) is 0 Å². The molecule has 2 rings (SSSR count). The lowest BCUT2D eigenvalue weighted by atomic mass is 9.66. The van der Waals surface area contributed by atoms with E-state index < -0.39 is 0 Å². The molecule has 94 valence electrons. The second-order valence-electron chi connectivity index (χ2n) is 5.69. The Labute approximate surface area is 118 Å². The van der Waals surface area contributed by atoms with Crippen LogP contribution < -0.4 is 5.73 Å². The van der Waals surface area contributed by atoms with Crippen LogP contribution in [-0.4, -0.2) is 5.54 Å². The topological polar surface area (TPSA) is 26.0 Å². The summed E-state index contributed by atoms with van der Waals surface area (Å²) in [5, 5.41) is 0. The van der Waals surface area contributed by atoms with Crippen LogP contribution in [0.1, 0.15) is 38.7 Å². The van der Waals surface area contributed by atoms with Crippen molar-refractivity contribution in [2.24, 2.45) is 17.6 Å². The van der Waals surface area contributed by atoms with Crippen LogP contribution >= 0.6 is 22.6 Å². The molecule has 0 aliphatic heterocycles. The van der Waals surface area contributed by atoms with Gasteiger partial charge in [-0.05, 0) is 65.0 Å². The van der Waals surface area contributed by atoms with Gasteiger partial charge in [-0.3, -0.25) is 0 Å². The maximum Gasteiger partial charge on any atom is 0.0223 e. The molecular weight excluding hydrogens is 321 g/mol. The number of halogens is 1. The lowest BCUT2D eigenvalue weighted by Gasteiger charge is -2.43. The summed E-state index contributed by atoms with van der Waals surface area (Å²) in [5.74, 6) is 1.38. The van der Waals surface area contributed by atoms with Gasteiger partial charge in [-0.1, -0.05) is 38.8 Å². The molecule has 17 heavy (non-hydrogen) atoms. The van der Waals surface area contributed by atoms with E-state index in [9.17, 15) is 0 Å². The molecule has 0 amide bonds. The molecule has 2 N–H and O–H groups in total. The van der Waals surface area contributed by atoms with Crippen molar-refractivity contribution in [2.45, 2.75) is 45.1 Å². The zero-order valence-electron chi connectivity index (χ0n) is 10.7. The van der Waals surface area contributed by atoms with Crippen LogP contribution in [0.15, 0.2) is 24.3 Å². The summed E-state index contributed by atoms with van der Waals surface area (Å²) >= 11 is 2.35. The van der Waals surface area contributed by atoms with Crippen LogP contribution in [0, 0.1) is 15.4 Å². The highest BCUT2D eigenvalue weighted by atomic mass is 127. The third-order valence-electron chi connectivity index (χ3n) is 4.51. The predicted octanol–water partition coefficient (Wildman–Crippen LogP) is 3.99. The molecule has 1 aromatic rings. The Morgan fingerprint density at radius 1 is 1.29 bits per heavy atom. The lowest BCUT2D eigenvalue weighted by molar-refractivity contribution is 0.143. The molecule has 1 aliphatic carbocycles. The Morgan fingerprint density at radius 3 is 2.59 bits per heavy atom. The second-order valence-corrected chi connectivity index (χ2v) is 6.94. The number of nitrogens with two attached hydrogens (primary N) is 1. The van der Waals surface area contributed by atoms with Crippen LogP contribution in [0.4, 0.5) is 0 Å². The molecule has 3 unspecified atom stereocenters. The van der Waals surface area contributed by atoms with Crippen molar-refractivity contribution >= 4 is 22.6 Å². The van der Waals surface area contributed by atoms with Gasteiger partial charge in [-0.2, -0.15) is 0 Å². The van der Waals surface area contributed by atoms with Gasteiger partial charge >= 0.3 is 0 Å². The van der Waals surface area contributed by atoms with E-state index in [4.69, 9.17) is 5.73 Å². The van der Waals surface area contributed by atoms with Gasteiger partial charge in [-0.15, -0.1) is 0 Å². The predicted molar refractivity (Wildman–Crippen MR) is 82.0 cm³/mol. The Kier molecular flexibility index (Phi) is 4.14. The monoisotopic (exact) mass is 343 g/mol. The first-order valence-electron chi connectivity index (χ1n) is 6.54. The van der Waals surface area contributed by atoms with E-state index in [0.717, 1.165) is 12.3 Å². The standard InChI is InChI=1S/C15H22IN/c1-11-4-3-9-15(17,12(11)2)10-13-5-7-14(16)8-6-13/h5-8,11-12H,3-4,9-10,17H2,1-2H3. The van der Waals surface area contributed by atoms with Gasteiger partial charge in [0.05, 0.1) is 0 Å². The summed E-state index contributed by atoms with van der Waals surface area (Å²) in [4.78, 5) is 0. The van der Waals surface area contributed by atoms with Crippen LogP contribution in [0.5, 0.6) is 0 Å². The van der Waals surface area contributed by atoms with Crippen LogP contribution in [0.2, 0.25) is 0 Å². The van der Waals surface area contributed by atoms with Crippen LogP contribution in [0.3, 0.4) is 0 Å². The summed E-state index contributed by atoms with van der Waals surface area (Å²) in [6.07, 6.45) is 4.82. The van der Waals surface area contributed by atoms with E-state index in [1.165, 1.54) is 28.4 Å². The van der Waals surface area contributed by atoms with Crippen molar-refractivity contribution in [1.29, 1.82) is 0 Å². The molecule has 2 heteroatoms. The van der Waals surface area contributed by atoms with Crippen LogP contribution in [-0.2, 0) is 6.42 Å². The zero-order chi connectivity index (χ0) is 12.5. The van der Waals surface area contributed by atoms with Gasteiger partial charge in [0.1, 0.15) is 0 Å². The molecule has 0 radical (unpaired) electrons. The van der Waals surface area contributed by atoms with Crippen molar-refractivity contribution in [3.63, 3.8) is 0 Å². The van der Waals surface area contributed by atoms with Gasteiger partial charge in [0.2, 0.25) is 0 Å². The molecule has 0 spiro atoms. The normalized spacial score (nSPS) is 33.6. The Hall–Kier alpha value is -0.0900. The van der Waals surface area contributed by atoms with E-state index in [1.54, 1.807) is 0 Å². The zero-order valence-corrected chi connectivity index (χ0v) is 12.9. The molecule has 0 bridgehead atoms. The minimum absolute atomic E-state index is 0.00442. The van der Waals surface area contributed by atoms with Crippen molar-refractivity contribution < 1.29 is 0 Å². The molecule has 0 heterocycles. The molecule has 1 aromatic carbocycles. The molecule has 0 saturated heterocycles. The number of rotatable bonds is 2. The largest absolute Gasteiger partial charge is 0.325 e. The first-order chi connectivity index (χ1) is 8.01. The fourth-order valence-corrected chi connectivity index (χ4v) is 3.39. The maximum atomic E-state index is 6.66. The second kappa shape index (κ2) is 5.27. The van der Waals surface area contributed by atoms with Crippen molar-refractivity contribution in [3.05, 3.63) is 33.4 Å². The Morgan fingerprint density at radius 2 is 1.94 bits per heavy atom. The van der Waals surface area contributed by atoms with Gasteiger partial charge in [0, 0.05) is 9.11 Å². The quantitative estimate of drug-likeness (QED) is 0.808. The lowest BCUT2D eigenvalue weighted by Crippen LogP contribution is -2.52. The van der Waals surface area contributed by atoms with Gasteiger partial charge in [0.15, 0.2) is 0 Å². The van der Waals surface area contributed by atoms with Gasteiger partial charge in [-0.25, -0.2) is 0 Å². The Bertz CT molecular complexity index is 373. The number of hydrogen-bond donors (Lipinski definition) is 1. The summed E-state index contributed by atoms with van der Waals surface area (Å²) in [6.45, 7) is 4.68. The number of benzene rings is 1. The maximum absolute atomic E-state index is 6.66. The molecular formula is C15H22IN. The van der Waals surface area contributed by atoms with Crippen molar-refractivity contribution in [3.8, 4) is 0 Å².